The van der Waals surface area contributed by atoms with Gasteiger partial charge in [0.15, 0.2) is 12.4 Å². The number of carbonyl (C=O) groups is 2. The van der Waals surface area contributed by atoms with Crippen LogP contribution in [0.2, 0.25) is 0 Å². The molecule has 0 aliphatic rings. The van der Waals surface area contributed by atoms with Gasteiger partial charge in [0.2, 0.25) is 6.54 Å². The molecular formula is C19H18N3O4+. The van der Waals surface area contributed by atoms with Crippen molar-refractivity contribution in [3.05, 3.63) is 60.9 Å². The summed E-state index contributed by atoms with van der Waals surface area (Å²) in [4.78, 5) is 23.8. The lowest BCUT2D eigenvalue weighted by atomic mass is 10.1. The van der Waals surface area contributed by atoms with Crippen LogP contribution in [0.4, 0.5) is 16.2 Å². The number of aromatic hydroxyl groups is 1. The number of ether oxygens (including phenoxy) is 1. The van der Waals surface area contributed by atoms with E-state index < -0.39 is 6.09 Å². The molecule has 0 aliphatic carbocycles. The number of rotatable bonds is 4. The summed E-state index contributed by atoms with van der Waals surface area (Å²) in [6, 6.07) is 14.1. The predicted molar refractivity (Wildman–Crippen MR) is 96.9 cm³/mol. The van der Waals surface area contributed by atoms with Crippen molar-refractivity contribution in [3.63, 3.8) is 0 Å². The second kappa shape index (κ2) is 7.52. The molecule has 0 unspecified atom stereocenters. The Kier molecular flexibility index (Phi) is 4.98. The fraction of sp³-hybridized carbons (Fsp3) is 0.105. The number of aromatic nitrogens is 1. The van der Waals surface area contributed by atoms with Crippen LogP contribution in [0.15, 0.2) is 60.9 Å². The van der Waals surface area contributed by atoms with Crippen molar-refractivity contribution in [1.29, 1.82) is 0 Å². The molecule has 1 aromatic heterocycles. The first-order valence-corrected chi connectivity index (χ1v) is 7.92. The Bertz CT molecular complexity index is 958. The minimum Gasteiger partial charge on any atom is -0.505 e. The van der Waals surface area contributed by atoms with Crippen molar-refractivity contribution in [3.8, 4) is 5.75 Å². The molecule has 0 fully saturated rings. The second-order valence-electron chi connectivity index (χ2n) is 5.58. The molecule has 0 aliphatic heterocycles. The maximum absolute atomic E-state index is 12.2. The van der Waals surface area contributed by atoms with Crippen molar-refractivity contribution >= 4 is 34.1 Å². The van der Waals surface area contributed by atoms with Crippen molar-refractivity contribution < 1.29 is 24.0 Å². The lowest BCUT2D eigenvalue weighted by Crippen LogP contribution is -2.39. The number of phenolic OH excluding ortho intramolecular Hbond substituents is 1. The zero-order valence-electron chi connectivity index (χ0n) is 14.1. The molecule has 3 rings (SSSR count). The van der Waals surface area contributed by atoms with Crippen LogP contribution in [-0.2, 0) is 16.1 Å². The van der Waals surface area contributed by atoms with E-state index in [1.165, 1.54) is 7.11 Å². The number of methoxy groups -OCH3 is 1. The van der Waals surface area contributed by atoms with Crippen molar-refractivity contribution in [1.82, 2.24) is 0 Å². The Morgan fingerprint density at radius 1 is 1.00 bits per heavy atom. The summed E-state index contributed by atoms with van der Waals surface area (Å²) in [7, 11) is 1.26. The van der Waals surface area contributed by atoms with Gasteiger partial charge in [-0.25, -0.2) is 4.79 Å². The van der Waals surface area contributed by atoms with Gasteiger partial charge in [-0.15, -0.1) is 0 Å². The molecule has 1 heterocycles. The highest BCUT2D eigenvalue weighted by atomic mass is 16.5. The van der Waals surface area contributed by atoms with Gasteiger partial charge in [0.05, 0.1) is 18.5 Å². The number of pyridine rings is 1. The monoisotopic (exact) mass is 352 g/mol. The molecule has 0 radical (unpaired) electrons. The molecule has 132 valence electrons. The maximum atomic E-state index is 12.2. The van der Waals surface area contributed by atoms with E-state index in [4.69, 9.17) is 0 Å². The van der Waals surface area contributed by atoms with E-state index in [1.807, 2.05) is 18.2 Å². The molecule has 2 aromatic carbocycles. The number of anilines is 2. The van der Waals surface area contributed by atoms with E-state index >= 15 is 0 Å². The molecule has 7 nitrogen and oxygen atoms in total. The zero-order chi connectivity index (χ0) is 18.5. The Balaban J connectivity index is 1.89. The van der Waals surface area contributed by atoms with Crippen LogP contribution in [0.5, 0.6) is 5.75 Å². The van der Waals surface area contributed by atoms with Crippen LogP contribution in [0.1, 0.15) is 0 Å². The van der Waals surface area contributed by atoms with Gasteiger partial charge in [0.1, 0.15) is 5.75 Å². The number of hydrogen-bond donors (Lipinski definition) is 3. The van der Waals surface area contributed by atoms with E-state index in [1.54, 1.807) is 47.3 Å². The van der Waals surface area contributed by atoms with Gasteiger partial charge in [-0.1, -0.05) is 24.3 Å². The van der Waals surface area contributed by atoms with Crippen LogP contribution < -0.4 is 15.2 Å². The molecular weight excluding hydrogens is 334 g/mol. The molecule has 0 atom stereocenters. The number of nitrogens with one attached hydrogen (secondary N) is 2. The van der Waals surface area contributed by atoms with Gasteiger partial charge in [-0.2, -0.15) is 4.57 Å². The minimum atomic E-state index is -0.646. The third kappa shape index (κ3) is 3.72. The third-order valence-corrected chi connectivity index (χ3v) is 3.82. The highest BCUT2D eigenvalue weighted by molar-refractivity contribution is 6.07. The summed E-state index contributed by atoms with van der Waals surface area (Å²) >= 11 is 0. The summed E-state index contributed by atoms with van der Waals surface area (Å²) < 4.78 is 6.32. The first-order chi connectivity index (χ1) is 12.6. The van der Waals surface area contributed by atoms with Crippen LogP contribution in [0.3, 0.4) is 0 Å². The molecule has 3 aromatic rings. The second-order valence-corrected chi connectivity index (χ2v) is 5.58. The lowest BCUT2D eigenvalue weighted by molar-refractivity contribution is -0.684. The molecule has 2 amide bonds. The fourth-order valence-electron chi connectivity index (χ4n) is 2.62. The smallest absolute Gasteiger partial charge is 0.411 e. The summed E-state index contributed by atoms with van der Waals surface area (Å²) in [6.45, 7) is 0.111. The highest BCUT2D eigenvalue weighted by Crippen LogP contribution is 2.37. The molecule has 0 saturated carbocycles. The molecule has 7 heteroatoms. The van der Waals surface area contributed by atoms with E-state index in [0.717, 1.165) is 0 Å². The van der Waals surface area contributed by atoms with Crippen LogP contribution in [0, 0.1) is 0 Å². The molecule has 0 saturated heterocycles. The van der Waals surface area contributed by atoms with Gasteiger partial charge in [0.25, 0.3) is 5.91 Å². The van der Waals surface area contributed by atoms with Gasteiger partial charge in [-0.3, -0.25) is 10.1 Å². The van der Waals surface area contributed by atoms with Crippen molar-refractivity contribution in [2.24, 2.45) is 0 Å². The van der Waals surface area contributed by atoms with E-state index in [-0.39, 0.29) is 23.9 Å². The van der Waals surface area contributed by atoms with Crippen molar-refractivity contribution in [2.75, 3.05) is 17.7 Å². The van der Waals surface area contributed by atoms with E-state index in [2.05, 4.69) is 15.4 Å². The summed E-state index contributed by atoms with van der Waals surface area (Å²) in [6.07, 6.45) is 2.91. The van der Waals surface area contributed by atoms with E-state index in [0.29, 0.717) is 16.5 Å². The average Bonchev–Trinajstić information content (AvgIpc) is 2.65. The molecule has 3 N–H and O–H groups in total. The number of benzene rings is 2. The largest absolute Gasteiger partial charge is 0.505 e. The van der Waals surface area contributed by atoms with Gasteiger partial charge in [0, 0.05) is 17.5 Å². The maximum Gasteiger partial charge on any atom is 0.411 e. The predicted octanol–water partition coefficient (Wildman–Crippen LogP) is 2.65. The van der Waals surface area contributed by atoms with Crippen LogP contribution in [-0.4, -0.2) is 24.2 Å². The first-order valence-electron chi connectivity index (χ1n) is 7.92. The Morgan fingerprint density at radius 2 is 1.77 bits per heavy atom. The van der Waals surface area contributed by atoms with Gasteiger partial charge >= 0.3 is 6.09 Å². The number of nitrogens with zero attached hydrogens (tertiary/aromatic N) is 1. The van der Waals surface area contributed by atoms with Gasteiger partial charge < -0.3 is 15.2 Å². The van der Waals surface area contributed by atoms with E-state index in [9.17, 15) is 14.7 Å². The van der Waals surface area contributed by atoms with Crippen LogP contribution >= 0.6 is 0 Å². The summed E-state index contributed by atoms with van der Waals surface area (Å²) in [5.41, 5.74) is 0.651. The highest BCUT2D eigenvalue weighted by Gasteiger charge is 2.16. The number of carbonyl (C=O) groups excluding carboxylic acids is 2. The zero-order valence-corrected chi connectivity index (χ0v) is 14.1. The quantitative estimate of drug-likeness (QED) is 0.497. The summed E-state index contributed by atoms with van der Waals surface area (Å²) in [5.74, 6) is -0.407. The van der Waals surface area contributed by atoms with Gasteiger partial charge in [-0.05, 0) is 17.5 Å². The Labute approximate surface area is 149 Å². The number of hydrogen-bond acceptors (Lipinski definition) is 4. The molecule has 26 heavy (non-hydrogen) atoms. The SMILES string of the molecule is COC(=O)Nc1cccc2ccc(NC(=O)C[n+]3ccccc3)c(O)c12. The average molecular weight is 352 g/mol. The third-order valence-electron chi connectivity index (χ3n) is 3.82. The molecule has 0 bridgehead atoms. The first kappa shape index (κ1) is 17.2. The number of fused-ring (bicyclic) bond motifs is 1. The normalized spacial score (nSPS) is 10.3. The number of phenols is 1. The molecule has 0 spiro atoms. The van der Waals surface area contributed by atoms with Crippen molar-refractivity contribution in [2.45, 2.75) is 6.54 Å². The summed E-state index contributed by atoms with van der Waals surface area (Å²) in [5, 5.41) is 17.0. The Morgan fingerprint density at radius 3 is 2.50 bits per heavy atom. The topological polar surface area (TPSA) is 91.5 Å². The number of amides is 2. The standard InChI is InChI=1S/C19H17N3O4/c1-26-19(25)21-14-7-5-6-13-8-9-15(18(24)17(13)14)20-16(23)12-22-10-3-2-4-11-22/h2-11H,12H2,1H3,(H2-,20,21,23,24,25)/p+1. The Hall–Kier alpha value is -3.61. The minimum absolute atomic E-state index is 0.111. The fourth-order valence-corrected chi connectivity index (χ4v) is 2.62. The lowest BCUT2D eigenvalue weighted by Gasteiger charge is -2.12. The van der Waals surface area contributed by atoms with Crippen LogP contribution in [0.25, 0.3) is 10.8 Å².